The molecule has 0 atom stereocenters. The predicted molar refractivity (Wildman–Crippen MR) is 87.2 cm³/mol. The summed E-state index contributed by atoms with van der Waals surface area (Å²) in [4.78, 5) is 0. The molecular formula is C18H14ClNPd. The van der Waals surface area contributed by atoms with Crippen molar-refractivity contribution in [2.45, 2.75) is 0 Å². The second kappa shape index (κ2) is 6.45. The zero-order chi connectivity index (χ0) is 14.7. The van der Waals surface area contributed by atoms with Crippen molar-refractivity contribution in [3.63, 3.8) is 0 Å². The molecule has 0 unspecified atom stereocenters. The van der Waals surface area contributed by atoms with Crippen LogP contribution in [-0.2, 0) is 17.0 Å². The van der Waals surface area contributed by atoms with Crippen LogP contribution in [0.15, 0.2) is 72.8 Å². The number of benzene rings is 3. The number of hydrogen-bond acceptors (Lipinski definition) is 1. The summed E-state index contributed by atoms with van der Waals surface area (Å²) in [5.41, 5.74) is 11.5. The monoisotopic (exact) mass is 385 g/mol. The van der Waals surface area contributed by atoms with Crippen LogP contribution >= 0.6 is 9.53 Å². The summed E-state index contributed by atoms with van der Waals surface area (Å²) < 4.78 is 1.14. The Morgan fingerprint density at radius 1 is 0.714 bits per heavy atom. The molecule has 0 bridgehead atoms. The summed E-state index contributed by atoms with van der Waals surface area (Å²) in [5.74, 6) is 0. The molecule has 0 aliphatic rings. The van der Waals surface area contributed by atoms with Gasteiger partial charge in [-0.2, -0.15) is 0 Å². The normalized spacial score (nSPS) is 10.7. The third-order valence-electron chi connectivity index (χ3n) is 3.37. The maximum atomic E-state index is 6.20. The zero-order valence-electron chi connectivity index (χ0n) is 11.2. The molecule has 21 heavy (non-hydrogen) atoms. The van der Waals surface area contributed by atoms with E-state index in [0.29, 0.717) is 0 Å². The number of hydrogen-bond donors (Lipinski definition) is 1. The second-order valence-corrected chi connectivity index (χ2v) is 6.48. The fourth-order valence-corrected chi connectivity index (χ4v) is 3.81. The number of nitrogen functional groups attached to an aromatic ring is 1. The quantitative estimate of drug-likeness (QED) is 0.522. The molecule has 0 aromatic heterocycles. The molecule has 0 aliphatic carbocycles. The Balaban J connectivity index is 2.30. The molecule has 3 heteroatoms. The van der Waals surface area contributed by atoms with Crippen LogP contribution in [0, 0.1) is 0 Å². The standard InChI is InChI=1S/C18H14N.ClH.Pd/c19-18-13-7-6-12-17(18)16-11-5-4-10-15(16)14-8-2-1-3-9-14;;/h1-10,12-13H,19H2;1H;/q;;+1/p-1. The van der Waals surface area contributed by atoms with E-state index < -0.39 is 0 Å². The van der Waals surface area contributed by atoms with E-state index in [1.807, 2.05) is 36.4 Å². The van der Waals surface area contributed by atoms with E-state index in [0.717, 1.165) is 20.9 Å². The zero-order valence-corrected chi connectivity index (χ0v) is 13.5. The molecule has 3 rings (SSSR count). The minimum atomic E-state index is 0.00555. The first-order chi connectivity index (χ1) is 10.3. The Kier molecular flexibility index (Phi) is 4.41. The first kappa shape index (κ1) is 14.4. The van der Waals surface area contributed by atoms with Gasteiger partial charge in [-0.3, -0.25) is 0 Å². The van der Waals surface area contributed by atoms with Crippen molar-refractivity contribution in [1.82, 2.24) is 0 Å². The van der Waals surface area contributed by atoms with Crippen molar-refractivity contribution in [2.24, 2.45) is 0 Å². The van der Waals surface area contributed by atoms with Crippen molar-refractivity contribution in [3.8, 4) is 22.3 Å². The first-order valence-electron chi connectivity index (χ1n) is 6.55. The summed E-state index contributed by atoms with van der Waals surface area (Å²) >= 11 is 0.00555. The van der Waals surface area contributed by atoms with Gasteiger partial charge in [0.2, 0.25) is 0 Å². The molecule has 0 amide bonds. The number of anilines is 1. The van der Waals surface area contributed by atoms with Crippen molar-refractivity contribution < 1.29 is 17.0 Å². The number of nitrogens with two attached hydrogens (primary N) is 1. The van der Waals surface area contributed by atoms with Crippen molar-refractivity contribution >= 4 is 19.3 Å². The topological polar surface area (TPSA) is 26.0 Å². The molecule has 2 N–H and O–H groups in total. The maximum absolute atomic E-state index is 6.20. The average Bonchev–Trinajstić information content (AvgIpc) is 2.55. The van der Waals surface area contributed by atoms with Crippen LogP contribution in [0.2, 0.25) is 0 Å². The van der Waals surface area contributed by atoms with Crippen molar-refractivity contribution in [1.29, 1.82) is 0 Å². The van der Waals surface area contributed by atoms with Crippen molar-refractivity contribution in [2.75, 3.05) is 5.73 Å². The summed E-state index contributed by atoms with van der Waals surface area (Å²) in [7, 11) is 6.20. The molecule has 3 aromatic rings. The van der Waals surface area contributed by atoms with E-state index in [-0.39, 0.29) is 17.0 Å². The van der Waals surface area contributed by atoms with E-state index in [4.69, 9.17) is 15.3 Å². The van der Waals surface area contributed by atoms with E-state index in [2.05, 4.69) is 36.4 Å². The number of rotatable bonds is 3. The van der Waals surface area contributed by atoms with Gasteiger partial charge in [-0.25, -0.2) is 0 Å². The third-order valence-corrected chi connectivity index (χ3v) is 5.09. The van der Waals surface area contributed by atoms with Crippen LogP contribution in [0.1, 0.15) is 0 Å². The van der Waals surface area contributed by atoms with Gasteiger partial charge in [-0.15, -0.1) is 0 Å². The van der Waals surface area contributed by atoms with Gasteiger partial charge in [-0.05, 0) is 0 Å². The molecular weight excluding hydrogens is 372 g/mol. The Morgan fingerprint density at radius 3 is 2.10 bits per heavy atom. The Labute approximate surface area is 136 Å². The van der Waals surface area contributed by atoms with E-state index in [1.165, 1.54) is 11.1 Å². The van der Waals surface area contributed by atoms with Gasteiger partial charge in [0.05, 0.1) is 0 Å². The van der Waals surface area contributed by atoms with Crippen LogP contribution in [0.5, 0.6) is 0 Å². The SMILES string of the molecule is Nc1ccccc1-c1[c]([Pd][Cl])cccc1-c1ccccc1. The third kappa shape index (κ3) is 2.89. The molecule has 3 aromatic carbocycles. The Morgan fingerprint density at radius 2 is 1.38 bits per heavy atom. The summed E-state index contributed by atoms with van der Waals surface area (Å²) in [6.07, 6.45) is 0. The Bertz CT molecular complexity index is 756. The molecule has 1 nitrogen and oxygen atoms in total. The number of para-hydroxylation sites is 1. The molecule has 0 saturated heterocycles. The molecule has 0 aliphatic heterocycles. The van der Waals surface area contributed by atoms with Crippen LogP contribution < -0.4 is 9.77 Å². The van der Waals surface area contributed by atoms with E-state index >= 15 is 0 Å². The van der Waals surface area contributed by atoms with E-state index in [1.54, 1.807) is 0 Å². The van der Waals surface area contributed by atoms with Gasteiger partial charge < -0.3 is 0 Å². The minimum absolute atomic E-state index is 0.00555. The van der Waals surface area contributed by atoms with Gasteiger partial charge in [0, 0.05) is 0 Å². The predicted octanol–water partition coefficient (Wildman–Crippen LogP) is 4.46. The molecule has 0 radical (unpaired) electrons. The van der Waals surface area contributed by atoms with Crippen LogP contribution in [0.3, 0.4) is 0 Å². The second-order valence-electron chi connectivity index (χ2n) is 4.64. The van der Waals surface area contributed by atoms with Gasteiger partial charge in [0.25, 0.3) is 0 Å². The van der Waals surface area contributed by atoms with Crippen molar-refractivity contribution in [3.05, 3.63) is 72.8 Å². The fourth-order valence-electron chi connectivity index (χ4n) is 2.41. The van der Waals surface area contributed by atoms with E-state index in [9.17, 15) is 0 Å². The van der Waals surface area contributed by atoms with Gasteiger partial charge >= 0.3 is 137 Å². The van der Waals surface area contributed by atoms with Crippen LogP contribution in [0.4, 0.5) is 5.69 Å². The average molecular weight is 386 g/mol. The van der Waals surface area contributed by atoms with Gasteiger partial charge in [-0.1, -0.05) is 0 Å². The molecule has 0 saturated carbocycles. The molecule has 0 spiro atoms. The Hall–Kier alpha value is -1.59. The fraction of sp³-hybridized carbons (Fsp3) is 0. The summed E-state index contributed by atoms with van der Waals surface area (Å²) in [5, 5.41) is 0. The molecule has 0 fully saturated rings. The number of halogens is 1. The van der Waals surface area contributed by atoms with Crippen LogP contribution in [0.25, 0.3) is 22.3 Å². The van der Waals surface area contributed by atoms with Gasteiger partial charge in [0.15, 0.2) is 0 Å². The first-order valence-corrected chi connectivity index (χ1v) is 9.33. The molecule has 0 heterocycles. The van der Waals surface area contributed by atoms with Gasteiger partial charge in [0.1, 0.15) is 0 Å². The van der Waals surface area contributed by atoms with Crippen LogP contribution in [-0.4, -0.2) is 0 Å². The summed E-state index contributed by atoms with van der Waals surface area (Å²) in [6, 6.07) is 24.6. The summed E-state index contributed by atoms with van der Waals surface area (Å²) in [6.45, 7) is 0. The molecule has 108 valence electrons.